The summed E-state index contributed by atoms with van der Waals surface area (Å²) in [5.41, 5.74) is 0. The van der Waals surface area contributed by atoms with Gasteiger partial charge in [-0.15, -0.1) is 0 Å². The molecule has 0 aromatic carbocycles. The normalized spacial score (nSPS) is 12.2. The predicted molar refractivity (Wildman–Crippen MR) is 219 cm³/mol. The van der Waals surface area contributed by atoms with E-state index in [9.17, 15) is 19.8 Å². The second kappa shape index (κ2) is 41.0. The highest BCUT2D eigenvalue weighted by atomic mass is 16.5. The maximum atomic E-state index is 12.4. The highest BCUT2D eigenvalue weighted by Gasteiger charge is 2.12. The molecule has 1 atom stereocenters. The average Bonchev–Trinajstić information content (AvgIpc) is 3.14. The van der Waals surface area contributed by atoms with Gasteiger partial charge in [0.05, 0.1) is 26.4 Å². The summed E-state index contributed by atoms with van der Waals surface area (Å²) in [5.74, 6) is 0.546. The van der Waals surface area contributed by atoms with Crippen LogP contribution in [0.2, 0.25) is 0 Å². The van der Waals surface area contributed by atoms with Crippen molar-refractivity contribution in [3.05, 3.63) is 0 Å². The van der Waals surface area contributed by atoms with Crippen LogP contribution in [0.15, 0.2) is 0 Å². The molecule has 8 nitrogen and oxygen atoms in total. The first kappa shape index (κ1) is 50.8. The molecule has 310 valence electrons. The van der Waals surface area contributed by atoms with Crippen LogP contribution in [0.5, 0.6) is 0 Å². The maximum absolute atomic E-state index is 12.4. The SMILES string of the molecule is CCCCCCCCCCOC(=O)CCCCCN(CCO)CCN(CCO)CCCCCC(=O)OCCC(CCCCCC)CCCCCCC. The van der Waals surface area contributed by atoms with Crippen LogP contribution in [-0.4, -0.2) is 97.6 Å². The number of hydrogen-bond acceptors (Lipinski definition) is 8. The molecule has 0 aromatic rings. The summed E-state index contributed by atoms with van der Waals surface area (Å²) < 4.78 is 11.1. The number of aliphatic hydroxyl groups excluding tert-OH is 2. The number of unbranched alkanes of at least 4 members (excludes halogenated alkanes) is 18. The van der Waals surface area contributed by atoms with E-state index in [-0.39, 0.29) is 25.2 Å². The van der Waals surface area contributed by atoms with Crippen molar-refractivity contribution in [1.29, 1.82) is 0 Å². The monoisotopic (exact) mass is 741 g/mol. The number of esters is 2. The summed E-state index contributed by atoms with van der Waals surface area (Å²) in [6.07, 6.45) is 31.8. The van der Waals surface area contributed by atoms with Gasteiger partial charge >= 0.3 is 11.9 Å². The largest absolute Gasteiger partial charge is 0.466 e. The van der Waals surface area contributed by atoms with Crippen molar-refractivity contribution in [3.63, 3.8) is 0 Å². The second-order valence-electron chi connectivity index (χ2n) is 15.4. The van der Waals surface area contributed by atoms with E-state index in [2.05, 4.69) is 30.6 Å². The molecular weight excluding hydrogens is 652 g/mol. The van der Waals surface area contributed by atoms with Crippen LogP contribution < -0.4 is 0 Å². The van der Waals surface area contributed by atoms with Crippen LogP contribution in [0.3, 0.4) is 0 Å². The number of nitrogens with zero attached hydrogens (tertiary/aromatic N) is 2. The van der Waals surface area contributed by atoms with Crippen LogP contribution in [0, 0.1) is 5.92 Å². The van der Waals surface area contributed by atoms with E-state index in [0.29, 0.717) is 45.1 Å². The molecule has 0 amide bonds. The third-order valence-corrected chi connectivity index (χ3v) is 10.5. The number of carbonyl (C=O) groups is 2. The summed E-state index contributed by atoms with van der Waals surface area (Å²) in [7, 11) is 0. The van der Waals surface area contributed by atoms with Crippen LogP contribution in [-0.2, 0) is 19.1 Å². The lowest BCUT2D eigenvalue weighted by atomic mass is 9.92. The summed E-state index contributed by atoms with van der Waals surface area (Å²) in [6.45, 7) is 12.9. The lowest BCUT2D eigenvalue weighted by Crippen LogP contribution is -2.38. The molecule has 0 heterocycles. The Kier molecular flexibility index (Phi) is 40.0. The quantitative estimate of drug-likeness (QED) is 0.0471. The van der Waals surface area contributed by atoms with Crippen molar-refractivity contribution in [3.8, 4) is 0 Å². The zero-order valence-electron chi connectivity index (χ0n) is 34.9. The number of hydrogen-bond donors (Lipinski definition) is 2. The summed E-state index contributed by atoms with van der Waals surface area (Å²) in [5, 5.41) is 19.2. The van der Waals surface area contributed by atoms with E-state index < -0.39 is 0 Å². The molecular formula is C44H88N2O6. The van der Waals surface area contributed by atoms with Crippen LogP contribution in [0.4, 0.5) is 0 Å². The van der Waals surface area contributed by atoms with Gasteiger partial charge in [0.15, 0.2) is 0 Å². The van der Waals surface area contributed by atoms with Gasteiger partial charge in [0.2, 0.25) is 0 Å². The first-order valence-corrected chi connectivity index (χ1v) is 22.5. The average molecular weight is 741 g/mol. The number of ether oxygens (including phenoxy) is 2. The second-order valence-corrected chi connectivity index (χ2v) is 15.4. The van der Waals surface area contributed by atoms with E-state index in [4.69, 9.17) is 9.47 Å². The molecule has 0 spiro atoms. The molecule has 0 rings (SSSR count). The Morgan fingerprint density at radius 3 is 1.27 bits per heavy atom. The fraction of sp³-hybridized carbons (Fsp3) is 0.955. The number of carbonyl (C=O) groups excluding carboxylic acids is 2. The van der Waals surface area contributed by atoms with E-state index in [1.54, 1.807) is 0 Å². The Bertz CT molecular complexity index is 754. The van der Waals surface area contributed by atoms with Gasteiger partial charge < -0.3 is 19.7 Å². The Labute approximate surface area is 322 Å². The smallest absolute Gasteiger partial charge is 0.305 e. The van der Waals surface area contributed by atoms with E-state index >= 15 is 0 Å². The topological polar surface area (TPSA) is 99.5 Å². The molecule has 0 radical (unpaired) electrons. The zero-order valence-corrected chi connectivity index (χ0v) is 34.9. The molecule has 2 N–H and O–H groups in total. The molecule has 0 aromatic heterocycles. The van der Waals surface area contributed by atoms with Crippen molar-refractivity contribution < 1.29 is 29.3 Å². The third-order valence-electron chi connectivity index (χ3n) is 10.5. The molecule has 1 unspecified atom stereocenters. The van der Waals surface area contributed by atoms with Crippen LogP contribution in [0.1, 0.15) is 201 Å². The van der Waals surface area contributed by atoms with Crippen molar-refractivity contribution in [2.75, 3.05) is 65.7 Å². The minimum Gasteiger partial charge on any atom is -0.466 e. The molecule has 0 saturated heterocycles. The van der Waals surface area contributed by atoms with Crippen molar-refractivity contribution in [2.24, 2.45) is 5.92 Å². The lowest BCUT2D eigenvalue weighted by Gasteiger charge is -2.27. The van der Waals surface area contributed by atoms with E-state index in [0.717, 1.165) is 84.0 Å². The van der Waals surface area contributed by atoms with Crippen molar-refractivity contribution >= 4 is 11.9 Å². The molecule has 52 heavy (non-hydrogen) atoms. The van der Waals surface area contributed by atoms with Gasteiger partial charge in [-0.25, -0.2) is 0 Å². The zero-order chi connectivity index (χ0) is 38.2. The summed E-state index contributed by atoms with van der Waals surface area (Å²) in [4.78, 5) is 29.1. The fourth-order valence-corrected chi connectivity index (χ4v) is 7.03. The molecule has 0 bridgehead atoms. The molecule has 0 aliphatic heterocycles. The summed E-state index contributed by atoms with van der Waals surface area (Å²) >= 11 is 0. The minimum atomic E-state index is -0.0767. The van der Waals surface area contributed by atoms with E-state index in [1.807, 2.05) is 0 Å². The van der Waals surface area contributed by atoms with Gasteiger partial charge in [-0.3, -0.25) is 19.4 Å². The van der Waals surface area contributed by atoms with Crippen molar-refractivity contribution in [2.45, 2.75) is 201 Å². The highest BCUT2D eigenvalue weighted by Crippen LogP contribution is 2.22. The number of rotatable bonds is 42. The Morgan fingerprint density at radius 1 is 0.423 bits per heavy atom. The number of aliphatic hydroxyl groups is 2. The third kappa shape index (κ3) is 35.8. The van der Waals surface area contributed by atoms with Gasteiger partial charge in [0, 0.05) is 39.0 Å². The molecule has 0 saturated carbocycles. The van der Waals surface area contributed by atoms with Gasteiger partial charge in [0.25, 0.3) is 0 Å². The first-order valence-electron chi connectivity index (χ1n) is 22.5. The molecule has 0 aliphatic rings. The van der Waals surface area contributed by atoms with Gasteiger partial charge in [-0.2, -0.15) is 0 Å². The van der Waals surface area contributed by atoms with E-state index in [1.165, 1.54) is 109 Å². The van der Waals surface area contributed by atoms with Gasteiger partial charge in [-0.1, -0.05) is 149 Å². The van der Waals surface area contributed by atoms with Crippen LogP contribution in [0.25, 0.3) is 0 Å². The Balaban J connectivity index is 4.14. The molecule has 0 aliphatic carbocycles. The molecule has 0 fully saturated rings. The van der Waals surface area contributed by atoms with Crippen LogP contribution >= 0.6 is 0 Å². The van der Waals surface area contributed by atoms with Gasteiger partial charge in [-0.05, 0) is 57.5 Å². The molecule has 8 heteroatoms. The standard InChI is InChI=1S/C44H88N2O6/c1-4-7-10-13-14-15-17-26-40-51-43(49)29-22-18-24-32-45(36-38-47)34-35-46(37-39-48)33-25-19-23-30-44(50)52-41-31-42(27-20-12-9-6-3)28-21-16-11-8-5-2/h42,47-48H,4-41H2,1-3H3. The minimum absolute atomic E-state index is 0.0600. The maximum Gasteiger partial charge on any atom is 0.305 e. The predicted octanol–water partition coefficient (Wildman–Crippen LogP) is 10.3. The lowest BCUT2D eigenvalue weighted by molar-refractivity contribution is -0.145. The highest BCUT2D eigenvalue weighted by molar-refractivity contribution is 5.69. The summed E-state index contributed by atoms with van der Waals surface area (Å²) in [6, 6.07) is 0. The van der Waals surface area contributed by atoms with Gasteiger partial charge in [0.1, 0.15) is 0 Å². The first-order chi connectivity index (χ1) is 25.5. The fourth-order valence-electron chi connectivity index (χ4n) is 7.03. The Hall–Kier alpha value is -1.22. The Morgan fingerprint density at radius 2 is 0.808 bits per heavy atom. The van der Waals surface area contributed by atoms with Crippen molar-refractivity contribution in [1.82, 2.24) is 9.80 Å².